The van der Waals surface area contributed by atoms with Gasteiger partial charge in [0.05, 0.1) is 11.0 Å². The molecule has 18 heavy (non-hydrogen) atoms. The van der Waals surface area contributed by atoms with Crippen LogP contribution in [0.5, 0.6) is 0 Å². The van der Waals surface area contributed by atoms with E-state index in [0.717, 1.165) is 29.9 Å². The van der Waals surface area contributed by atoms with Crippen LogP contribution in [0.3, 0.4) is 0 Å². The number of rotatable bonds is 2. The van der Waals surface area contributed by atoms with Gasteiger partial charge in [0.25, 0.3) is 0 Å². The van der Waals surface area contributed by atoms with Crippen LogP contribution in [0.25, 0.3) is 11.0 Å². The number of aromatic amines is 1. The number of H-pyrrole nitrogens is 1. The van der Waals surface area contributed by atoms with Crippen LogP contribution in [0.4, 0.5) is 0 Å². The van der Waals surface area contributed by atoms with Gasteiger partial charge < -0.3 is 16.0 Å². The summed E-state index contributed by atoms with van der Waals surface area (Å²) in [5.41, 5.74) is 9.71. The molecule has 3 rings (SSSR count). The van der Waals surface area contributed by atoms with Crippen LogP contribution in [-0.2, 0) is 0 Å². The Morgan fingerprint density at radius 2 is 2.33 bits per heavy atom. The van der Waals surface area contributed by atoms with Gasteiger partial charge in [0, 0.05) is 6.04 Å². The van der Waals surface area contributed by atoms with E-state index in [1.54, 1.807) is 0 Å². The van der Waals surface area contributed by atoms with E-state index in [2.05, 4.69) is 33.5 Å². The molecule has 4 heteroatoms. The lowest BCUT2D eigenvalue weighted by atomic mass is 9.88. The van der Waals surface area contributed by atoms with Crippen LogP contribution >= 0.6 is 0 Å². The van der Waals surface area contributed by atoms with Crippen molar-refractivity contribution in [2.75, 3.05) is 13.1 Å². The normalized spacial score (nSPS) is 22.2. The minimum absolute atomic E-state index is 0.116. The van der Waals surface area contributed by atoms with Gasteiger partial charge in [-0.15, -0.1) is 0 Å². The molecule has 0 spiro atoms. The van der Waals surface area contributed by atoms with E-state index in [0.29, 0.717) is 5.92 Å². The topological polar surface area (TPSA) is 66.7 Å². The van der Waals surface area contributed by atoms with E-state index in [1.807, 2.05) is 6.92 Å². The molecule has 1 aromatic heterocycles. The number of aromatic nitrogens is 2. The molecule has 4 nitrogen and oxygen atoms in total. The first-order chi connectivity index (χ1) is 8.74. The van der Waals surface area contributed by atoms with Crippen molar-refractivity contribution in [3.8, 4) is 0 Å². The third kappa shape index (κ3) is 2.13. The zero-order chi connectivity index (χ0) is 12.5. The third-order valence-electron chi connectivity index (χ3n) is 3.85. The Labute approximate surface area is 107 Å². The molecule has 4 N–H and O–H groups in total. The first-order valence-corrected chi connectivity index (χ1v) is 6.66. The number of nitrogens with zero attached hydrogens (tertiary/aromatic N) is 1. The summed E-state index contributed by atoms with van der Waals surface area (Å²) in [6.45, 7) is 4.13. The molecule has 0 bridgehead atoms. The lowest BCUT2D eigenvalue weighted by molar-refractivity contribution is 0.326. The number of fused-ring (bicyclic) bond motifs is 1. The van der Waals surface area contributed by atoms with Crippen molar-refractivity contribution >= 4 is 11.0 Å². The summed E-state index contributed by atoms with van der Waals surface area (Å²) in [5.74, 6) is 1.50. The smallest absolute Gasteiger partial charge is 0.104 e. The van der Waals surface area contributed by atoms with Gasteiger partial charge in [0.2, 0.25) is 0 Å². The highest BCUT2D eigenvalue weighted by molar-refractivity contribution is 5.76. The Morgan fingerprint density at radius 1 is 1.44 bits per heavy atom. The lowest BCUT2D eigenvalue weighted by Gasteiger charge is -2.28. The summed E-state index contributed by atoms with van der Waals surface area (Å²) in [4.78, 5) is 7.69. The van der Waals surface area contributed by atoms with E-state index >= 15 is 0 Å². The second-order valence-electron chi connectivity index (χ2n) is 5.23. The maximum atomic E-state index is 6.39. The quantitative estimate of drug-likeness (QED) is 0.755. The van der Waals surface area contributed by atoms with E-state index < -0.39 is 0 Å². The number of aryl methyl sites for hydroxylation is 1. The second-order valence-corrected chi connectivity index (χ2v) is 5.23. The maximum Gasteiger partial charge on any atom is 0.104 e. The molecule has 1 fully saturated rings. The molecule has 2 aromatic rings. The molecule has 0 radical (unpaired) electrons. The fourth-order valence-corrected chi connectivity index (χ4v) is 2.82. The van der Waals surface area contributed by atoms with Crippen LogP contribution in [-0.4, -0.2) is 23.1 Å². The number of hydrogen-bond donors (Lipinski definition) is 3. The van der Waals surface area contributed by atoms with Crippen molar-refractivity contribution in [3.63, 3.8) is 0 Å². The highest BCUT2D eigenvalue weighted by Crippen LogP contribution is 2.26. The largest absolute Gasteiger partial charge is 0.342 e. The number of nitrogens with one attached hydrogen (secondary N) is 2. The van der Waals surface area contributed by atoms with E-state index in [4.69, 9.17) is 5.73 Å². The van der Waals surface area contributed by atoms with Gasteiger partial charge >= 0.3 is 0 Å². The van der Waals surface area contributed by atoms with Crippen molar-refractivity contribution in [2.45, 2.75) is 25.8 Å². The standard InChI is InChI=1S/C14H20N4/c1-9-17-12-5-4-10(7-13(12)18-9)14(15)11-3-2-6-16-8-11/h4-5,7,11,14,16H,2-3,6,8,15H2,1H3,(H,17,18). The van der Waals surface area contributed by atoms with E-state index in [1.165, 1.54) is 18.4 Å². The van der Waals surface area contributed by atoms with Crippen molar-refractivity contribution < 1.29 is 0 Å². The Morgan fingerprint density at radius 3 is 3.11 bits per heavy atom. The fourth-order valence-electron chi connectivity index (χ4n) is 2.82. The highest BCUT2D eigenvalue weighted by atomic mass is 14.9. The predicted octanol–water partition coefficient (Wildman–Crippen LogP) is 1.87. The summed E-state index contributed by atoms with van der Waals surface area (Å²) in [6, 6.07) is 6.44. The van der Waals surface area contributed by atoms with Crippen LogP contribution < -0.4 is 11.1 Å². The van der Waals surface area contributed by atoms with Crippen molar-refractivity contribution in [2.24, 2.45) is 11.7 Å². The summed E-state index contributed by atoms with van der Waals surface area (Å²) in [5, 5.41) is 3.43. The molecule has 1 aromatic carbocycles. The number of benzene rings is 1. The molecular formula is C14H20N4. The van der Waals surface area contributed by atoms with E-state index in [-0.39, 0.29) is 6.04 Å². The van der Waals surface area contributed by atoms with Crippen molar-refractivity contribution in [1.82, 2.24) is 15.3 Å². The zero-order valence-corrected chi connectivity index (χ0v) is 10.7. The SMILES string of the molecule is Cc1nc2ccc(C(N)C3CCCNC3)cc2[nH]1. The molecule has 96 valence electrons. The minimum atomic E-state index is 0.116. The predicted molar refractivity (Wildman–Crippen MR) is 73.4 cm³/mol. The third-order valence-corrected chi connectivity index (χ3v) is 3.85. The minimum Gasteiger partial charge on any atom is -0.342 e. The molecule has 0 amide bonds. The number of piperidine rings is 1. The summed E-state index contributed by atoms with van der Waals surface area (Å²) < 4.78 is 0. The van der Waals surface area contributed by atoms with Crippen molar-refractivity contribution in [3.05, 3.63) is 29.6 Å². The van der Waals surface area contributed by atoms with Gasteiger partial charge in [0.15, 0.2) is 0 Å². The molecule has 0 aliphatic carbocycles. The Bertz CT molecular complexity index is 540. The average molecular weight is 244 g/mol. The fraction of sp³-hybridized carbons (Fsp3) is 0.500. The molecule has 2 heterocycles. The number of nitrogens with two attached hydrogens (primary N) is 1. The van der Waals surface area contributed by atoms with Gasteiger partial charge in [-0.1, -0.05) is 6.07 Å². The van der Waals surface area contributed by atoms with Crippen LogP contribution in [0, 0.1) is 12.8 Å². The Hall–Kier alpha value is -1.39. The summed E-state index contributed by atoms with van der Waals surface area (Å²) >= 11 is 0. The second kappa shape index (κ2) is 4.71. The van der Waals surface area contributed by atoms with Crippen LogP contribution in [0.2, 0.25) is 0 Å². The molecule has 2 atom stereocenters. The van der Waals surface area contributed by atoms with Crippen molar-refractivity contribution in [1.29, 1.82) is 0 Å². The monoisotopic (exact) mass is 244 g/mol. The number of hydrogen-bond acceptors (Lipinski definition) is 3. The van der Waals surface area contributed by atoms with Crippen LogP contribution in [0.15, 0.2) is 18.2 Å². The Balaban J connectivity index is 1.88. The van der Waals surface area contributed by atoms with Gasteiger partial charge in [-0.3, -0.25) is 0 Å². The van der Waals surface area contributed by atoms with Gasteiger partial charge in [0.1, 0.15) is 5.82 Å². The molecule has 1 aliphatic heterocycles. The van der Waals surface area contributed by atoms with Gasteiger partial charge in [-0.25, -0.2) is 4.98 Å². The highest BCUT2D eigenvalue weighted by Gasteiger charge is 2.21. The molecule has 0 saturated carbocycles. The molecule has 1 saturated heterocycles. The Kier molecular flexibility index (Phi) is 3.06. The van der Waals surface area contributed by atoms with Crippen LogP contribution in [0.1, 0.15) is 30.3 Å². The maximum absolute atomic E-state index is 6.39. The first-order valence-electron chi connectivity index (χ1n) is 6.66. The first kappa shape index (κ1) is 11.7. The summed E-state index contributed by atoms with van der Waals surface area (Å²) in [6.07, 6.45) is 2.44. The average Bonchev–Trinajstić information content (AvgIpc) is 2.78. The molecule has 2 unspecified atom stereocenters. The molecular weight excluding hydrogens is 224 g/mol. The number of imidazole rings is 1. The van der Waals surface area contributed by atoms with Gasteiger partial charge in [-0.2, -0.15) is 0 Å². The molecule has 1 aliphatic rings. The zero-order valence-electron chi connectivity index (χ0n) is 10.7. The van der Waals surface area contributed by atoms with Gasteiger partial charge in [-0.05, 0) is 56.5 Å². The summed E-state index contributed by atoms with van der Waals surface area (Å²) in [7, 11) is 0. The lowest BCUT2D eigenvalue weighted by Crippen LogP contribution is -2.36. The van der Waals surface area contributed by atoms with E-state index in [9.17, 15) is 0 Å².